The molecule has 1 aromatic heterocycles. The normalized spacial score (nSPS) is 15.6. The summed E-state index contributed by atoms with van der Waals surface area (Å²) in [5, 5.41) is 0. The number of aromatic nitrogens is 1. The van der Waals surface area contributed by atoms with Crippen molar-refractivity contribution in [1.29, 1.82) is 0 Å². The summed E-state index contributed by atoms with van der Waals surface area (Å²) < 4.78 is 0. The van der Waals surface area contributed by atoms with E-state index in [-0.39, 0.29) is 0 Å². The van der Waals surface area contributed by atoms with E-state index in [4.69, 9.17) is 4.84 Å². The Bertz CT molecular complexity index is 213. The van der Waals surface area contributed by atoms with E-state index in [0.29, 0.717) is 6.54 Å². The van der Waals surface area contributed by atoms with Crippen molar-refractivity contribution >= 4 is 0 Å². The van der Waals surface area contributed by atoms with Gasteiger partial charge in [-0.25, -0.2) is 5.43 Å². The van der Waals surface area contributed by atoms with Crippen LogP contribution in [-0.2, 0) is 6.54 Å². The molecule has 0 spiro atoms. The van der Waals surface area contributed by atoms with Gasteiger partial charge in [0.1, 0.15) is 5.69 Å². The van der Waals surface area contributed by atoms with Gasteiger partial charge in [0.05, 0.1) is 6.54 Å². The van der Waals surface area contributed by atoms with Gasteiger partial charge in [-0.3, -0.25) is 4.98 Å². The summed E-state index contributed by atoms with van der Waals surface area (Å²) in [6.07, 6.45) is 1.75. The summed E-state index contributed by atoms with van der Waals surface area (Å²) in [7, 11) is 0. The van der Waals surface area contributed by atoms with E-state index in [1.165, 1.54) is 0 Å². The van der Waals surface area contributed by atoms with Gasteiger partial charge in [0.2, 0.25) is 0 Å². The smallest absolute Gasteiger partial charge is 0.171 e. The van der Waals surface area contributed by atoms with E-state index >= 15 is 0 Å². The highest BCUT2D eigenvalue weighted by molar-refractivity contribution is 5.27. The first kappa shape index (κ1) is 5.64. The molecule has 0 radical (unpaired) electrons. The van der Waals surface area contributed by atoms with Crippen LogP contribution in [0.4, 0.5) is 0 Å². The average molecular weight is 137 g/mol. The molecule has 0 unspecified atom stereocenters. The minimum atomic E-state index is 0.705. The SMILES string of the molecule is c1cnc2c(c1)ONNC2. The van der Waals surface area contributed by atoms with E-state index in [9.17, 15) is 0 Å². The van der Waals surface area contributed by atoms with Crippen molar-refractivity contribution < 1.29 is 4.84 Å². The quantitative estimate of drug-likeness (QED) is 0.527. The third-order valence-corrected chi connectivity index (χ3v) is 1.34. The van der Waals surface area contributed by atoms with Crippen molar-refractivity contribution in [3.05, 3.63) is 24.0 Å². The predicted octanol–water partition coefficient (Wildman–Crippen LogP) is -0.0168. The van der Waals surface area contributed by atoms with Crippen molar-refractivity contribution in [3.8, 4) is 5.75 Å². The number of nitrogens with zero attached hydrogens (tertiary/aromatic N) is 1. The summed E-state index contributed by atoms with van der Waals surface area (Å²) in [6.45, 7) is 0.705. The Morgan fingerprint density at radius 2 is 2.60 bits per heavy atom. The Morgan fingerprint density at radius 3 is 3.50 bits per heavy atom. The zero-order chi connectivity index (χ0) is 6.81. The van der Waals surface area contributed by atoms with Crippen LogP contribution in [0.3, 0.4) is 0 Å². The van der Waals surface area contributed by atoms with Crippen LogP contribution < -0.4 is 15.9 Å². The molecule has 2 N–H and O–H groups in total. The molecule has 1 aromatic rings. The number of nitrogens with one attached hydrogen (secondary N) is 2. The summed E-state index contributed by atoms with van der Waals surface area (Å²) in [6, 6.07) is 3.71. The molecule has 2 heterocycles. The molecule has 1 aliphatic heterocycles. The highest BCUT2D eigenvalue weighted by atomic mass is 16.7. The van der Waals surface area contributed by atoms with Crippen molar-refractivity contribution in [3.63, 3.8) is 0 Å². The number of rotatable bonds is 0. The van der Waals surface area contributed by atoms with Crippen molar-refractivity contribution in [2.45, 2.75) is 6.54 Å². The first-order valence-electron chi connectivity index (χ1n) is 3.05. The Morgan fingerprint density at radius 1 is 1.60 bits per heavy atom. The fraction of sp³-hybridized carbons (Fsp3) is 0.167. The van der Waals surface area contributed by atoms with Gasteiger partial charge in [-0.05, 0) is 12.1 Å². The lowest BCUT2D eigenvalue weighted by Crippen LogP contribution is -2.38. The molecule has 0 saturated heterocycles. The Labute approximate surface area is 58.1 Å². The summed E-state index contributed by atoms with van der Waals surface area (Å²) in [5.41, 5.74) is 6.29. The van der Waals surface area contributed by atoms with Crippen LogP contribution in [0.5, 0.6) is 5.75 Å². The first-order valence-corrected chi connectivity index (χ1v) is 3.05. The number of pyridine rings is 1. The van der Waals surface area contributed by atoms with Crippen LogP contribution in [-0.4, -0.2) is 4.98 Å². The molecule has 0 atom stereocenters. The molecule has 0 amide bonds. The van der Waals surface area contributed by atoms with Gasteiger partial charge in [-0.1, -0.05) is 5.59 Å². The van der Waals surface area contributed by atoms with Gasteiger partial charge in [0.25, 0.3) is 0 Å². The molecule has 4 heteroatoms. The van der Waals surface area contributed by atoms with Crippen LogP contribution in [0.2, 0.25) is 0 Å². The van der Waals surface area contributed by atoms with Crippen LogP contribution in [0.25, 0.3) is 0 Å². The molecule has 1 aliphatic rings. The maximum Gasteiger partial charge on any atom is 0.171 e. The molecule has 4 nitrogen and oxygen atoms in total. The van der Waals surface area contributed by atoms with Crippen LogP contribution >= 0.6 is 0 Å². The molecule has 52 valence electrons. The zero-order valence-electron chi connectivity index (χ0n) is 5.29. The second-order valence-corrected chi connectivity index (χ2v) is 2.01. The lowest BCUT2D eigenvalue weighted by molar-refractivity contribution is 0.124. The highest BCUT2D eigenvalue weighted by Crippen LogP contribution is 2.15. The van der Waals surface area contributed by atoms with Crippen molar-refractivity contribution in [2.24, 2.45) is 0 Å². The van der Waals surface area contributed by atoms with Gasteiger partial charge < -0.3 is 4.84 Å². The van der Waals surface area contributed by atoms with E-state index in [0.717, 1.165) is 11.4 Å². The molecule has 0 fully saturated rings. The molecule has 10 heavy (non-hydrogen) atoms. The third kappa shape index (κ3) is 0.832. The van der Waals surface area contributed by atoms with Gasteiger partial charge >= 0.3 is 0 Å². The molecular weight excluding hydrogens is 130 g/mol. The number of fused-ring (bicyclic) bond motifs is 1. The van der Waals surface area contributed by atoms with Gasteiger partial charge in [-0.2, -0.15) is 0 Å². The minimum Gasteiger partial charge on any atom is -0.392 e. The van der Waals surface area contributed by atoms with E-state index < -0.39 is 0 Å². The summed E-state index contributed by atoms with van der Waals surface area (Å²) >= 11 is 0. The number of hydrogen-bond donors (Lipinski definition) is 2. The lowest BCUT2D eigenvalue weighted by atomic mass is 10.3. The van der Waals surface area contributed by atoms with Gasteiger partial charge in [0.15, 0.2) is 5.75 Å². The van der Waals surface area contributed by atoms with Gasteiger partial charge in [0, 0.05) is 6.20 Å². The zero-order valence-corrected chi connectivity index (χ0v) is 5.29. The fourth-order valence-electron chi connectivity index (χ4n) is 0.860. The molecule has 2 rings (SSSR count). The van der Waals surface area contributed by atoms with E-state index in [1.807, 2.05) is 12.1 Å². The van der Waals surface area contributed by atoms with Crippen molar-refractivity contribution in [2.75, 3.05) is 0 Å². The Kier molecular flexibility index (Phi) is 1.26. The van der Waals surface area contributed by atoms with E-state index in [1.54, 1.807) is 6.20 Å². The van der Waals surface area contributed by atoms with Crippen LogP contribution in [0.15, 0.2) is 18.3 Å². The Hall–Kier alpha value is -1.13. The maximum absolute atomic E-state index is 5.00. The molecule has 0 aliphatic carbocycles. The van der Waals surface area contributed by atoms with E-state index in [2.05, 4.69) is 16.0 Å². The second kappa shape index (κ2) is 2.24. The minimum absolute atomic E-state index is 0.705. The van der Waals surface area contributed by atoms with Crippen LogP contribution in [0.1, 0.15) is 5.69 Å². The fourth-order valence-corrected chi connectivity index (χ4v) is 0.860. The predicted molar refractivity (Wildman–Crippen MR) is 34.8 cm³/mol. The third-order valence-electron chi connectivity index (χ3n) is 1.34. The number of hydrazine groups is 1. The molecule has 0 aromatic carbocycles. The van der Waals surface area contributed by atoms with Gasteiger partial charge in [-0.15, -0.1) is 0 Å². The standard InChI is InChI=1S/C6H7N3O/c1-2-6-5(7-3-1)4-8-9-10-6/h1-3,8-9H,4H2. The lowest BCUT2D eigenvalue weighted by Gasteiger charge is -2.16. The topological polar surface area (TPSA) is 46.2 Å². The highest BCUT2D eigenvalue weighted by Gasteiger charge is 2.07. The molecule has 0 saturated carbocycles. The average Bonchev–Trinajstić information content (AvgIpc) is 2.05. The molecule has 0 bridgehead atoms. The summed E-state index contributed by atoms with van der Waals surface area (Å²) in [4.78, 5) is 9.09. The maximum atomic E-state index is 5.00. The van der Waals surface area contributed by atoms with Crippen LogP contribution in [0, 0.1) is 0 Å². The largest absolute Gasteiger partial charge is 0.392 e. The molecular formula is C6H7N3O. The number of hydrogen-bond acceptors (Lipinski definition) is 4. The second-order valence-electron chi connectivity index (χ2n) is 2.01. The first-order chi connectivity index (χ1) is 4.97. The van der Waals surface area contributed by atoms with Crippen molar-refractivity contribution in [1.82, 2.24) is 16.0 Å². The Balaban J connectivity index is 2.41. The summed E-state index contributed by atoms with van der Waals surface area (Å²) in [5.74, 6) is 0.793. The monoisotopic (exact) mass is 137 g/mol.